The SMILES string of the molecule is COc1ccccc1NC(=O)Cn1nc(-c2cccs2)c2sc(N3CCCCC3)nc2c1=O. The van der Waals surface area contributed by atoms with Gasteiger partial charge in [-0.2, -0.15) is 5.10 Å². The lowest BCUT2D eigenvalue weighted by Gasteiger charge is -2.25. The van der Waals surface area contributed by atoms with Crippen LogP contribution in [0, 0.1) is 0 Å². The number of carbonyl (C=O) groups excluding carboxylic acids is 1. The molecule has 1 fully saturated rings. The molecule has 5 rings (SSSR count). The minimum Gasteiger partial charge on any atom is -0.495 e. The number of fused-ring (bicyclic) bond motifs is 1. The number of hydrogen-bond acceptors (Lipinski definition) is 8. The number of nitrogens with zero attached hydrogens (tertiary/aromatic N) is 4. The summed E-state index contributed by atoms with van der Waals surface area (Å²) in [5, 5.41) is 10.2. The van der Waals surface area contributed by atoms with E-state index in [-0.39, 0.29) is 18.0 Å². The molecule has 0 bridgehead atoms. The number of aromatic nitrogens is 3. The molecule has 1 saturated heterocycles. The number of carbonyl (C=O) groups is 1. The van der Waals surface area contributed by atoms with Gasteiger partial charge in [-0.3, -0.25) is 9.59 Å². The molecule has 10 heteroatoms. The number of thiazole rings is 1. The van der Waals surface area contributed by atoms with Gasteiger partial charge >= 0.3 is 0 Å². The van der Waals surface area contributed by atoms with Crippen molar-refractivity contribution in [3.63, 3.8) is 0 Å². The summed E-state index contributed by atoms with van der Waals surface area (Å²) in [6.07, 6.45) is 3.47. The fourth-order valence-electron chi connectivity index (χ4n) is 3.92. The van der Waals surface area contributed by atoms with Crippen LogP contribution in [0.2, 0.25) is 0 Å². The van der Waals surface area contributed by atoms with E-state index in [9.17, 15) is 9.59 Å². The molecule has 1 aromatic carbocycles. The predicted molar refractivity (Wildman–Crippen MR) is 133 cm³/mol. The maximum absolute atomic E-state index is 13.3. The van der Waals surface area contributed by atoms with E-state index in [0.29, 0.717) is 22.6 Å². The van der Waals surface area contributed by atoms with Gasteiger partial charge in [-0.05, 0) is 42.8 Å². The lowest BCUT2D eigenvalue weighted by Crippen LogP contribution is -2.30. The molecule has 1 aliphatic rings. The Morgan fingerprint density at radius 3 is 2.73 bits per heavy atom. The zero-order valence-electron chi connectivity index (χ0n) is 18.1. The van der Waals surface area contributed by atoms with Crippen molar-refractivity contribution in [2.24, 2.45) is 0 Å². The van der Waals surface area contributed by atoms with Gasteiger partial charge in [-0.25, -0.2) is 9.67 Å². The molecule has 8 nitrogen and oxygen atoms in total. The average Bonchev–Trinajstić information content (AvgIpc) is 3.53. The molecule has 4 heterocycles. The lowest BCUT2D eigenvalue weighted by atomic mass is 10.1. The van der Waals surface area contributed by atoms with Gasteiger partial charge in [0.05, 0.1) is 22.4 Å². The maximum atomic E-state index is 13.3. The van der Waals surface area contributed by atoms with E-state index in [4.69, 9.17) is 9.72 Å². The van der Waals surface area contributed by atoms with Crippen molar-refractivity contribution in [2.75, 3.05) is 30.4 Å². The molecule has 0 saturated carbocycles. The van der Waals surface area contributed by atoms with E-state index in [2.05, 4.69) is 15.3 Å². The summed E-state index contributed by atoms with van der Waals surface area (Å²) >= 11 is 3.05. The van der Waals surface area contributed by atoms with Crippen molar-refractivity contribution in [2.45, 2.75) is 25.8 Å². The number of amides is 1. The number of rotatable bonds is 6. The van der Waals surface area contributed by atoms with Gasteiger partial charge in [0.15, 0.2) is 10.6 Å². The summed E-state index contributed by atoms with van der Waals surface area (Å²) in [5.74, 6) is 0.184. The van der Waals surface area contributed by atoms with Crippen LogP contribution in [-0.2, 0) is 11.3 Å². The first-order valence-corrected chi connectivity index (χ1v) is 12.5. The molecule has 33 heavy (non-hydrogen) atoms. The molecule has 0 spiro atoms. The van der Waals surface area contributed by atoms with Crippen LogP contribution in [0.1, 0.15) is 19.3 Å². The Morgan fingerprint density at radius 1 is 1.15 bits per heavy atom. The zero-order chi connectivity index (χ0) is 22.8. The van der Waals surface area contributed by atoms with E-state index in [1.807, 2.05) is 23.6 Å². The number of anilines is 2. The summed E-state index contributed by atoms with van der Waals surface area (Å²) in [7, 11) is 1.54. The highest BCUT2D eigenvalue weighted by molar-refractivity contribution is 7.23. The van der Waals surface area contributed by atoms with Crippen molar-refractivity contribution < 1.29 is 9.53 Å². The second-order valence-corrected chi connectivity index (χ2v) is 9.68. The predicted octanol–water partition coefficient (Wildman–Crippen LogP) is 4.22. The third-order valence-electron chi connectivity index (χ3n) is 5.54. The molecule has 0 unspecified atom stereocenters. The Bertz CT molecular complexity index is 1340. The van der Waals surface area contributed by atoms with Crippen LogP contribution >= 0.6 is 22.7 Å². The Hall–Kier alpha value is -3.24. The minimum atomic E-state index is -0.364. The number of para-hydroxylation sites is 2. The van der Waals surface area contributed by atoms with E-state index < -0.39 is 0 Å². The molecule has 4 aromatic rings. The van der Waals surface area contributed by atoms with Gasteiger partial charge in [0.2, 0.25) is 5.91 Å². The number of benzene rings is 1. The summed E-state index contributed by atoms with van der Waals surface area (Å²) < 4.78 is 7.27. The summed E-state index contributed by atoms with van der Waals surface area (Å²) in [4.78, 5) is 34.0. The summed E-state index contributed by atoms with van der Waals surface area (Å²) in [6.45, 7) is 1.66. The summed E-state index contributed by atoms with van der Waals surface area (Å²) in [5.41, 5.74) is 1.23. The van der Waals surface area contributed by atoms with Gasteiger partial charge in [0.1, 0.15) is 18.0 Å². The second-order valence-electron chi connectivity index (χ2n) is 7.76. The van der Waals surface area contributed by atoms with Gasteiger partial charge in [-0.15, -0.1) is 11.3 Å². The molecular formula is C23H23N5O3S2. The van der Waals surface area contributed by atoms with Crippen LogP contribution in [0.15, 0.2) is 46.6 Å². The number of thiophene rings is 1. The fraction of sp³-hybridized carbons (Fsp3) is 0.304. The van der Waals surface area contributed by atoms with Crippen LogP contribution in [0.4, 0.5) is 10.8 Å². The van der Waals surface area contributed by atoms with E-state index >= 15 is 0 Å². The monoisotopic (exact) mass is 481 g/mol. The Kier molecular flexibility index (Phi) is 6.10. The first-order valence-electron chi connectivity index (χ1n) is 10.8. The third kappa shape index (κ3) is 4.36. The van der Waals surface area contributed by atoms with Crippen molar-refractivity contribution in [1.82, 2.24) is 14.8 Å². The van der Waals surface area contributed by atoms with Crippen molar-refractivity contribution in [1.29, 1.82) is 0 Å². The Labute approximate surface area is 198 Å². The number of ether oxygens (including phenoxy) is 1. The van der Waals surface area contributed by atoms with Crippen molar-refractivity contribution in [3.8, 4) is 16.3 Å². The van der Waals surface area contributed by atoms with Crippen molar-refractivity contribution >= 4 is 49.6 Å². The van der Waals surface area contributed by atoms with Gasteiger partial charge in [-0.1, -0.05) is 29.5 Å². The molecule has 1 aliphatic heterocycles. The zero-order valence-corrected chi connectivity index (χ0v) is 19.7. The molecular weight excluding hydrogens is 458 g/mol. The van der Waals surface area contributed by atoms with Gasteiger partial charge in [0.25, 0.3) is 5.56 Å². The Morgan fingerprint density at radius 2 is 1.97 bits per heavy atom. The normalized spacial score (nSPS) is 13.9. The number of methoxy groups -OCH3 is 1. The molecule has 0 atom stereocenters. The van der Waals surface area contributed by atoms with Gasteiger partial charge in [0, 0.05) is 13.1 Å². The quantitative estimate of drug-likeness (QED) is 0.444. The van der Waals surface area contributed by atoms with E-state index in [0.717, 1.165) is 40.6 Å². The molecule has 0 radical (unpaired) electrons. The van der Waals surface area contributed by atoms with E-state index in [1.54, 1.807) is 36.6 Å². The van der Waals surface area contributed by atoms with Crippen LogP contribution in [-0.4, -0.2) is 40.9 Å². The third-order valence-corrected chi connectivity index (χ3v) is 7.54. The lowest BCUT2D eigenvalue weighted by molar-refractivity contribution is -0.117. The number of nitrogens with one attached hydrogen (secondary N) is 1. The number of piperidine rings is 1. The Balaban J connectivity index is 1.52. The maximum Gasteiger partial charge on any atom is 0.294 e. The number of hydrogen-bond donors (Lipinski definition) is 1. The molecule has 0 aliphatic carbocycles. The van der Waals surface area contributed by atoms with Crippen LogP contribution < -0.4 is 20.5 Å². The molecule has 1 N–H and O–H groups in total. The largest absolute Gasteiger partial charge is 0.495 e. The van der Waals surface area contributed by atoms with Gasteiger partial charge < -0.3 is 15.0 Å². The average molecular weight is 482 g/mol. The second kappa shape index (κ2) is 9.32. The highest BCUT2D eigenvalue weighted by Crippen LogP contribution is 2.36. The molecule has 3 aromatic heterocycles. The fourth-order valence-corrected chi connectivity index (χ4v) is 5.81. The van der Waals surface area contributed by atoms with Crippen LogP contribution in [0.5, 0.6) is 5.75 Å². The van der Waals surface area contributed by atoms with E-state index in [1.165, 1.54) is 22.4 Å². The van der Waals surface area contributed by atoms with Crippen molar-refractivity contribution in [3.05, 3.63) is 52.1 Å². The summed E-state index contributed by atoms with van der Waals surface area (Å²) in [6, 6.07) is 11.1. The molecule has 1 amide bonds. The minimum absolute atomic E-state index is 0.220. The highest BCUT2D eigenvalue weighted by Gasteiger charge is 2.22. The van der Waals surface area contributed by atoms with Crippen LogP contribution in [0.25, 0.3) is 20.8 Å². The first-order chi connectivity index (χ1) is 16.1. The topological polar surface area (TPSA) is 89.3 Å². The standard InChI is InChI=1S/C23H23N5O3S2/c1-31-16-9-4-3-8-15(16)24-18(29)14-28-22(30)20-21(19(26-28)17-10-7-13-32-17)33-23(25-20)27-11-5-2-6-12-27/h3-4,7-10,13H,2,5-6,11-12,14H2,1H3,(H,24,29). The van der Waals surface area contributed by atoms with Crippen LogP contribution in [0.3, 0.4) is 0 Å². The molecule has 170 valence electrons. The smallest absolute Gasteiger partial charge is 0.294 e. The first kappa shape index (κ1) is 21.6. The highest BCUT2D eigenvalue weighted by atomic mass is 32.1.